The molecule has 0 radical (unpaired) electrons. The minimum Gasteiger partial charge on any atom is -0.396 e. The molecule has 0 aliphatic rings. The Labute approximate surface area is 129 Å². The third kappa shape index (κ3) is 6.91. The van der Waals surface area contributed by atoms with E-state index in [0.29, 0.717) is 6.42 Å². The zero-order valence-electron chi connectivity index (χ0n) is 12.0. The standard InChI is InChI=1S/C15H23BrN2O2/c1-11(4-3-9-19)17-15(20)18-12(2)10-13-5-7-14(16)8-6-13/h5-8,11-12,19H,3-4,9-10H2,1-2H3,(H2,17,18,20)/t11-,12-/m1/s1. The molecule has 2 atom stereocenters. The summed E-state index contributed by atoms with van der Waals surface area (Å²) in [6.45, 7) is 4.09. The maximum atomic E-state index is 11.8. The second-order valence-corrected chi connectivity index (χ2v) is 6.03. The van der Waals surface area contributed by atoms with Gasteiger partial charge in [-0.25, -0.2) is 4.79 Å². The predicted molar refractivity (Wildman–Crippen MR) is 84.8 cm³/mol. The number of aliphatic hydroxyl groups is 1. The molecule has 0 aromatic heterocycles. The first kappa shape index (κ1) is 17.0. The normalized spacial score (nSPS) is 13.6. The van der Waals surface area contributed by atoms with E-state index in [2.05, 4.69) is 26.6 Å². The van der Waals surface area contributed by atoms with Crippen molar-refractivity contribution in [3.8, 4) is 0 Å². The van der Waals surface area contributed by atoms with Crippen LogP contribution in [0.2, 0.25) is 0 Å². The van der Waals surface area contributed by atoms with Crippen LogP contribution in [0.25, 0.3) is 0 Å². The summed E-state index contributed by atoms with van der Waals surface area (Å²) < 4.78 is 1.05. The topological polar surface area (TPSA) is 61.4 Å². The lowest BCUT2D eigenvalue weighted by Crippen LogP contribution is -2.45. The minimum absolute atomic E-state index is 0.0706. The Hall–Kier alpha value is -1.07. The van der Waals surface area contributed by atoms with E-state index in [9.17, 15) is 4.79 Å². The zero-order valence-corrected chi connectivity index (χ0v) is 13.6. The van der Waals surface area contributed by atoms with Crippen LogP contribution in [0.1, 0.15) is 32.3 Å². The summed E-state index contributed by atoms with van der Waals surface area (Å²) >= 11 is 3.40. The number of rotatable bonds is 7. The van der Waals surface area contributed by atoms with Crippen molar-refractivity contribution in [1.29, 1.82) is 0 Å². The molecule has 4 nitrogen and oxygen atoms in total. The van der Waals surface area contributed by atoms with Crippen LogP contribution in [-0.2, 0) is 6.42 Å². The Morgan fingerprint density at radius 2 is 1.80 bits per heavy atom. The second kappa shape index (κ2) is 8.97. The largest absolute Gasteiger partial charge is 0.396 e. The zero-order chi connectivity index (χ0) is 15.0. The highest BCUT2D eigenvalue weighted by molar-refractivity contribution is 9.10. The number of carbonyl (C=O) groups excluding carboxylic acids is 1. The fourth-order valence-electron chi connectivity index (χ4n) is 1.98. The average Bonchev–Trinajstić information content (AvgIpc) is 2.38. The van der Waals surface area contributed by atoms with Gasteiger partial charge < -0.3 is 15.7 Å². The maximum absolute atomic E-state index is 11.8. The quantitative estimate of drug-likeness (QED) is 0.713. The molecule has 0 fully saturated rings. The van der Waals surface area contributed by atoms with Gasteiger partial charge in [-0.2, -0.15) is 0 Å². The molecular formula is C15H23BrN2O2. The van der Waals surface area contributed by atoms with Gasteiger partial charge in [0.25, 0.3) is 0 Å². The van der Waals surface area contributed by atoms with Gasteiger partial charge in [-0.15, -0.1) is 0 Å². The van der Waals surface area contributed by atoms with E-state index in [1.165, 1.54) is 5.56 Å². The van der Waals surface area contributed by atoms with Crippen LogP contribution in [0, 0.1) is 0 Å². The molecule has 1 aromatic carbocycles. The Morgan fingerprint density at radius 3 is 2.40 bits per heavy atom. The Balaban J connectivity index is 2.32. The number of hydrogen-bond acceptors (Lipinski definition) is 2. The van der Waals surface area contributed by atoms with E-state index in [1.807, 2.05) is 38.1 Å². The summed E-state index contributed by atoms with van der Waals surface area (Å²) in [4.78, 5) is 11.8. The van der Waals surface area contributed by atoms with E-state index in [-0.39, 0.29) is 24.7 Å². The Morgan fingerprint density at radius 1 is 1.20 bits per heavy atom. The molecule has 5 heteroatoms. The Kier molecular flexibility index (Phi) is 7.62. The van der Waals surface area contributed by atoms with Gasteiger partial charge in [0.15, 0.2) is 0 Å². The molecule has 3 N–H and O–H groups in total. The Bertz CT molecular complexity index is 409. The molecule has 0 heterocycles. The first-order valence-corrected chi connectivity index (χ1v) is 7.73. The van der Waals surface area contributed by atoms with E-state index in [0.717, 1.165) is 17.3 Å². The van der Waals surface area contributed by atoms with Gasteiger partial charge >= 0.3 is 6.03 Å². The summed E-state index contributed by atoms with van der Waals surface area (Å²) in [5, 5.41) is 14.5. The maximum Gasteiger partial charge on any atom is 0.315 e. The van der Waals surface area contributed by atoms with E-state index in [4.69, 9.17) is 5.11 Å². The molecule has 20 heavy (non-hydrogen) atoms. The van der Waals surface area contributed by atoms with E-state index in [1.54, 1.807) is 0 Å². The van der Waals surface area contributed by atoms with Gasteiger partial charge in [0.1, 0.15) is 0 Å². The number of urea groups is 1. The number of hydrogen-bond donors (Lipinski definition) is 3. The van der Waals surface area contributed by atoms with Gasteiger partial charge in [-0.3, -0.25) is 0 Å². The van der Waals surface area contributed by atoms with Crippen LogP contribution in [0.3, 0.4) is 0 Å². The molecule has 0 saturated carbocycles. The molecule has 0 spiro atoms. The SMILES string of the molecule is C[C@H](CCCO)NC(=O)N[C@H](C)Cc1ccc(Br)cc1. The van der Waals surface area contributed by atoms with Gasteiger partial charge in [0.05, 0.1) is 0 Å². The van der Waals surface area contributed by atoms with Crippen molar-refractivity contribution in [1.82, 2.24) is 10.6 Å². The molecule has 0 bridgehead atoms. The number of halogens is 1. The highest BCUT2D eigenvalue weighted by Gasteiger charge is 2.10. The van der Waals surface area contributed by atoms with Gasteiger partial charge in [0, 0.05) is 23.2 Å². The highest BCUT2D eigenvalue weighted by Crippen LogP contribution is 2.11. The molecule has 0 aliphatic carbocycles. The first-order chi connectivity index (χ1) is 9.51. The third-order valence-electron chi connectivity index (χ3n) is 3.01. The first-order valence-electron chi connectivity index (χ1n) is 6.93. The number of benzene rings is 1. The number of nitrogens with one attached hydrogen (secondary N) is 2. The van der Waals surface area contributed by atoms with Crippen molar-refractivity contribution in [3.05, 3.63) is 34.3 Å². The summed E-state index contributed by atoms with van der Waals surface area (Å²) in [6.07, 6.45) is 2.28. The van der Waals surface area contributed by atoms with Crippen molar-refractivity contribution in [2.75, 3.05) is 6.61 Å². The summed E-state index contributed by atoms with van der Waals surface area (Å²) in [6, 6.07) is 8.08. The van der Waals surface area contributed by atoms with E-state index >= 15 is 0 Å². The van der Waals surface area contributed by atoms with Crippen molar-refractivity contribution in [3.63, 3.8) is 0 Å². The third-order valence-corrected chi connectivity index (χ3v) is 3.53. The van der Waals surface area contributed by atoms with Crippen molar-refractivity contribution >= 4 is 22.0 Å². The summed E-state index contributed by atoms with van der Waals surface area (Å²) in [7, 11) is 0. The number of carbonyl (C=O) groups is 1. The van der Waals surface area contributed by atoms with Crippen LogP contribution in [0.5, 0.6) is 0 Å². The number of aliphatic hydroxyl groups excluding tert-OH is 1. The summed E-state index contributed by atoms with van der Waals surface area (Å²) in [5.74, 6) is 0. The molecule has 0 saturated heterocycles. The lowest BCUT2D eigenvalue weighted by atomic mass is 10.1. The summed E-state index contributed by atoms with van der Waals surface area (Å²) in [5.41, 5.74) is 1.19. The molecule has 0 unspecified atom stereocenters. The number of amides is 2. The lowest BCUT2D eigenvalue weighted by Gasteiger charge is -2.18. The van der Waals surface area contributed by atoms with Crippen molar-refractivity contribution in [2.45, 2.75) is 45.2 Å². The minimum atomic E-state index is -0.153. The average molecular weight is 343 g/mol. The van der Waals surface area contributed by atoms with Crippen LogP contribution in [-0.4, -0.2) is 29.8 Å². The lowest BCUT2D eigenvalue weighted by molar-refractivity contribution is 0.231. The smallest absolute Gasteiger partial charge is 0.315 e. The monoisotopic (exact) mass is 342 g/mol. The van der Waals surface area contributed by atoms with Crippen molar-refractivity contribution < 1.29 is 9.90 Å². The van der Waals surface area contributed by atoms with Crippen LogP contribution < -0.4 is 10.6 Å². The molecule has 1 aromatic rings. The van der Waals surface area contributed by atoms with Gasteiger partial charge in [0.2, 0.25) is 0 Å². The molecule has 112 valence electrons. The predicted octanol–water partition coefficient (Wildman–Crippen LogP) is 2.84. The molecule has 1 rings (SSSR count). The van der Waals surface area contributed by atoms with Gasteiger partial charge in [-0.1, -0.05) is 28.1 Å². The van der Waals surface area contributed by atoms with Gasteiger partial charge in [-0.05, 0) is 50.8 Å². The fourth-order valence-corrected chi connectivity index (χ4v) is 2.25. The molecule has 0 aliphatic heterocycles. The van der Waals surface area contributed by atoms with E-state index < -0.39 is 0 Å². The van der Waals surface area contributed by atoms with Crippen LogP contribution >= 0.6 is 15.9 Å². The second-order valence-electron chi connectivity index (χ2n) is 5.12. The van der Waals surface area contributed by atoms with Crippen molar-refractivity contribution in [2.24, 2.45) is 0 Å². The molecular weight excluding hydrogens is 320 g/mol. The van der Waals surface area contributed by atoms with Crippen LogP contribution in [0.15, 0.2) is 28.7 Å². The molecule has 2 amide bonds. The van der Waals surface area contributed by atoms with Crippen LogP contribution in [0.4, 0.5) is 4.79 Å². The highest BCUT2D eigenvalue weighted by atomic mass is 79.9. The fraction of sp³-hybridized carbons (Fsp3) is 0.533.